The van der Waals surface area contributed by atoms with Crippen molar-refractivity contribution in [2.75, 3.05) is 13.7 Å². The number of carbonyl (C=O) groups excluding carboxylic acids is 2. The van der Waals surface area contributed by atoms with Crippen molar-refractivity contribution in [3.05, 3.63) is 41.5 Å². The maximum atomic E-state index is 12.6. The van der Waals surface area contributed by atoms with Gasteiger partial charge in [-0.3, -0.25) is 9.59 Å². The first-order valence-corrected chi connectivity index (χ1v) is 8.22. The number of ether oxygens (including phenoxy) is 1. The second-order valence-electron chi connectivity index (χ2n) is 6.04. The van der Waals surface area contributed by atoms with Crippen LogP contribution >= 0.6 is 0 Å². The van der Waals surface area contributed by atoms with Crippen LogP contribution < -0.4 is 0 Å². The second kappa shape index (κ2) is 8.51. The Morgan fingerprint density at radius 2 is 1.87 bits per heavy atom. The number of amides is 1. The molecule has 0 aromatic heterocycles. The summed E-state index contributed by atoms with van der Waals surface area (Å²) in [6.45, 7) is 2.46. The minimum atomic E-state index is -0.275. The number of nitrogens with zero attached hydrogens (tertiary/aromatic N) is 1. The third-order valence-electron chi connectivity index (χ3n) is 4.33. The minimum Gasteiger partial charge on any atom is -0.469 e. The van der Waals surface area contributed by atoms with Crippen LogP contribution in [0.4, 0.5) is 0 Å². The smallest absolute Gasteiger partial charge is 0.307 e. The lowest BCUT2D eigenvalue weighted by molar-refractivity contribution is -0.141. The molecule has 4 heteroatoms. The highest BCUT2D eigenvalue weighted by atomic mass is 16.5. The second-order valence-corrected chi connectivity index (χ2v) is 6.04. The zero-order valence-electron chi connectivity index (χ0n) is 14.0. The predicted molar refractivity (Wildman–Crippen MR) is 90.8 cm³/mol. The molecule has 1 aliphatic carbocycles. The maximum absolute atomic E-state index is 12.6. The molecule has 0 unspecified atom stereocenters. The molecule has 2 rings (SSSR count). The van der Waals surface area contributed by atoms with Crippen molar-refractivity contribution >= 4 is 18.0 Å². The van der Waals surface area contributed by atoms with E-state index in [9.17, 15) is 9.59 Å². The van der Waals surface area contributed by atoms with Crippen LogP contribution in [0.3, 0.4) is 0 Å². The molecule has 23 heavy (non-hydrogen) atoms. The van der Waals surface area contributed by atoms with Gasteiger partial charge >= 0.3 is 5.97 Å². The summed E-state index contributed by atoms with van der Waals surface area (Å²) in [5.74, 6) is -0.301. The van der Waals surface area contributed by atoms with Gasteiger partial charge in [0.15, 0.2) is 0 Å². The largest absolute Gasteiger partial charge is 0.469 e. The van der Waals surface area contributed by atoms with Gasteiger partial charge in [0.1, 0.15) is 0 Å². The van der Waals surface area contributed by atoms with Crippen LogP contribution in [-0.2, 0) is 14.3 Å². The summed E-state index contributed by atoms with van der Waals surface area (Å²) in [4.78, 5) is 25.8. The van der Waals surface area contributed by atoms with Crippen molar-refractivity contribution in [3.8, 4) is 0 Å². The van der Waals surface area contributed by atoms with Crippen molar-refractivity contribution in [3.63, 3.8) is 0 Å². The molecule has 0 N–H and O–H groups in total. The molecule has 0 bridgehead atoms. The van der Waals surface area contributed by atoms with Crippen LogP contribution in [-0.4, -0.2) is 36.5 Å². The van der Waals surface area contributed by atoms with Crippen LogP contribution in [0.1, 0.15) is 43.2 Å². The number of carbonyl (C=O) groups is 2. The molecule has 1 aromatic carbocycles. The first kappa shape index (κ1) is 17.3. The van der Waals surface area contributed by atoms with Gasteiger partial charge in [-0.25, -0.2) is 0 Å². The Bertz CT molecular complexity index is 556. The molecule has 0 aliphatic heterocycles. The van der Waals surface area contributed by atoms with E-state index in [4.69, 9.17) is 0 Å². The van der Waals surface area contributed by atoms with E-state index in [2.05, 4.69) is 4.74 Å². The molecule has 0 heterocycles. The van der Waals surface area contributed by atoms with Gasteiger partial charge in [0.25, 0.3) is 0 Å². The van der Waals surface area contributed by atoms with Crippen LogP contribution in [0.5, 0.6) is 0 Å². The van der Waals surface area contributed by atoms with Gasteiger partial charge in [0, 0.05) is 18.7 Å². The molecule has 1 amide bonds. The zero-order chi connectivity index (χ0) is 16.7. The Morgan fingerprint density at radius 3 is 2.48 bits per heavy atom. The number of hydrogen-bond donors (Lipinski definition) is 0. The highest BCUT2D eigenvalue weighted by Gasteiger charge is 2.25. The lowest BCUT2D eigenvalue weighted by Crippen LogP contribution is -2.39. The van der Waals surface area contributed by atoms with Crippen molar-refractivity contribution in [1.82, 2.24) is 4.90 Å². The standard InChI is InChI=1S/C19H25NO3/c1-15-7-9-16(10-8-15)11-12-18(21)20(14-13-19(22)23-2)17-5-3-4-6-17/h7-12,17H,3-6,13-14H2,1-2H3/b12-11+. The fourth-order valence-electron chi connectivity index (χ4n) is 2.94. The Labute approximate surface area is 138 Å². The summed E-state index contributed by atoms with van der Waals surface area (Å²) in [7, 11) is 1.38. The maximum Gasteiger partial charge on any atom is 0.307 e. The average Bonchev–Trinajstić information content (AvgIpc) is 3.08. The molecule has 1 aromatic rings. The van der Waals surface area contributed by atoms with E-state index >= 15 is 0 Å². The van der Waals surface area contributed by atoms with Gasteiger partial charge in [-0.15, -0.1) is 0 Å². The summed E-state index contributed by atoms with van der Waals surface area (Å²) < 4.78 is 4.69. The van der Waals surface area contributed by atoms with Gasteiger partial charge < -0.3 is 9.64 Å². The molecular formula is C19H25NO3. The molecule has 0 saturated heterocycles. The van der Waals surface area contributed by atoms with E-state index in [1.165, 1.54) is 12.7 Å². The van der Waals surface area contributed by atoms with Gasteiger partial charge in [-0.1, -0.05) is 42.7 Å². The number of hydrogen-bond acceptors (Lipinski definition) is 3. The van der Waals surface area contributed by atoms with E-state index in [0.29, 0.717) is 6.54 Å². The fourth-order valence-corrected chi connectivity index (χ4v) is 2.94. The Kier molecular flexibility index (Phi) is 6.39. The van der Waals surface area contributed by atoms with Gasteiger partial charge in [-0.05, 0) is 31.4 Å². The fraction of sp³-hybridized carbons (Fsp3) is 0.474. The normalized spacial score (nSPS) is 15.0. The van der Waals surface area contributed by atoms with Gasteiger partial charge in [0.05, 0.1) is 13.5 Å². The highest BCUT2D eigenvalue weighted by Crippen LogP contribution is 2.24. The van der Waals surface area contributed by atoms with Gasteiger partial charge in [-0.2, -0.15) is 0 Å². The van der Waals surface area contributed by atoms with Crippen molar-refractivity contribution in [1.29, 1.82) is 0 Å². The quantitative estimate of drug-likeness (QED) is 0.597. The molecule has 1 fully saturated rings. The van der Waals surface area contributed by atoms with Crippen molar-refractivity contribution < 1.29 is 14.3 Å². The van der Waals surface area contributed by atoms with Crippen LogP contribution in [0.2, 0.25) is 0 Å². The molecule has 1 aliphatic rings. The predicted octanol–water partition coefficient (Wildman–Crippen LogP) is 3.34. The number of methoxy groups -OCH3 is 1. The third-order valence-corrected chi connectivity index (χ3v) is 4.33. The summed E-state index contributed by atoms with van der Waals surface area (Å²) in [6.07, 6.45) is 8.03. The van der Waals surface area contributed by atoms with E-state index in [1.54, 1.807) is 6.08 Å². The number of benzene rings is 1. The van der Waals surface area contributed by atoms with Crippen LogP contribution in [0.15, 0.2) is 30.3 Å². The molecular weight excluding hydrogens is 290 g/mol. The lowest BCUT2D eigenvalue weighted by Gasteiger charge is -2.27. The SMILES string of the molecule is COC(=O)CCN(C(=O)/C=C/c1ccc(C)cc1)C1CCCC1. The molecule has 0 radical (unpaired) electrons. The molecule has 0 atom stereocenters. The van der Waals surface area contributed by atoms with E-state index in [1.807, 2.05) is 42.2 Å². The van der Waals surface area contributed by atoms with E-state index < -0.39 is 0 Å². The first-order valence-electron chi connectivity index (χ1n) is 8.22. The average molecular weight is 315 g/mol. The molecule has 1 saturated carbocycles. The zero-order valence-corrected chi connectivity index (χ0v) is 14.0. The third kappa shape index (κ3) is 5.23. The highest BCUT2D eigenvalue weighted by molar-refractivity contribution is 5.92. The summed E-state index contributed by atoms with van der Waals surface area (Å²) >= 11 is 0. The number of esters is 1. The summed E-state index contributed by atoms with van der Waals surface area (Å²) in [5.41, 5.74) is 2.20. The van der Waals surface area contributed by atoms with E-state index in [0.717, 1.165) is 31.2 Å². The van der Waals surface area contributed by atoms with Crippen LogP contribution in [0, 0.1) is 6.92 Å². The molecule has 4 nitrogen and oxygen atoms in total. The molecule has 0 spiro atoms. The Balaban J connectivity index is 2.02. The minimum absolute atomic E-state index is 0.0265. The van der Waals surface area contributed by atoms with Gasteiger partial charge in [0.2, 0.25) is 5.91 Å². The summed E-state index contributed by atoms with van der Waals surface area (Å²) in [6, 6.07) is 8.28. The Morgan fingerprint density at radius 1 is 1.22 bits per heavy atom. The Hall–Kier alpha value is -2.10. The topological polar surface area (TPSA) is 46.6 Å². The van der Waals surface area contributed by atoms with E-state index in [-0.39, 0.29) is 24.3 Å². The molecule has 124 valence electrons. The monoisotopic (exact) mass is 315 g/mol. The van der Waals surface area contributed by atoms with Crippen LogP contribution in [0.25, 0.3) is 6.08 Å². The number of aryl methyl sites for hydroxylation is 1. The number of rotatable bonds is 6. The lowest BCUT2D eigenvalue weighted by atomic mass is 10.1. The van der Waals surface area contributed by atoms with Crippen molar-refractivity contribution in [2.24, 2.45) is 0 Å². The summed E-state index contributed by atoms with van der Waals surface area (Å²) in [5, 5.41) is 0. The van der Waals surface area contributed by atoms with Crippen molar-refractivity contribution in [2.45, 2.75) is 45.1 Å². The first-order chi connectivity index (χ1) is 11.1.